The van der Waals surface area contributed by atoms with Gasteiger partial charge in [-0.3, -0.25) is 14.2 Å². The summed E-state index contributed by atoms with van der Waals surface area (Å²) in [6.07, 6.45) is 3.05. The van der Waals surface area contributed by atoms with Gasteiger partial charge in [-0.1, -0.05) is 41.0 Å². The number of halogens is 2. The van der Waals surface area contributed by atoms with Crippen molar-refractivity contribution in [2.24, 2.45) is 0 Å². The molecule has 11 heteroatoms. The van der Waals surface area contributed by atoms with E-state index < -0.39 is 5.25 Å². The Balaban J connectivity index is 1.56. The van der Waals surface area contributed by atoms with Crippen molar-refractivity contribution in [1.82, 2.24) is 24.6 Å². The van der Waals surface area contributed by atoms with Crippen molar-refractivity contribution >= 4 is 52.5 Å². The molecule has 0 saturated carbocycles. The van der Waals surface area contributed by atoms with Gasteiger partial charge in [0.15, 0.2) is 11.0 Å². The second-order valence-corrected chi connectivity index (χ2v) is 9.37. The van der Waals surface area contributed by atoms with Gasteiger partial charge in [-0.2, -0.15) is 0 Å². The van der Waals surface area contributed by atoms with Crippen LogP contribution in [0.5, 0.6) is 0 Å². The second kappa shape index (κ2) is 9.89. The van der Waals surface area contributed by atoms with Crippen LogP contribution in [0.25, 0.3) is 5.82 Å². The molecule has 0 bridgehead atoms. The van der Waals surface area contributed by atoms with Crippen LogP contribution in [0.3, 0.4) is 0 Å². The van der Waals surface area contributed by atoms with Crippen molar-refractivity contribution in [3.05, 3.63) is 58.5 Å². The van der Waals surface area contributed by atoms with Gasteiger partial charge in [0.05, 0.1) is 22.5 Å². The molecule has 1 atom stereocenters. The zero-order valence-corrected chi connectivity index (χ0v) is 19.5. The van der Waals surface area contributed by atoms with Crippen molar-refractivity contribution in [2.45, 2.75) is 36.7 Å². The molecule has 1 aliphatic heterocycles. The molecule has 1 N–H and O–H groups in total. The molecular formula is C21H20Cl2N6O2S. The van der Waals surface area contributed by atoms with E-state index in [2.05, 4.69) is 20.5 Å². The summed E-state index contributed by atoms with van der Waals surface area (Å²) in [7, 11) is 0. The number of amides is 2. The predicted octanol–water partition coefficient (Wildman–Crippen LogP) is 4.21. The fourth-order valence-electron chi connectivity index (χ4n) is 3.28. The van der Waals surface area contributed by atoms with Crippen LogP contribution < -0.4 is 5.32 Å². The average Bonchev–Trinajstić information content (AvgIpc) is 3.37. The highest BCUT2D eigenvalue weighted by atomic mass is 35.5. The number of carbonyl (C=O) groups is 2. The first-order valence-corrected chi connectivity index (χ1v) is 11.6. The summed E-state index contributed by atoms with van der Waals surface area (Å²) >= 11 is 13.4. The van der Waals surface area contributed by atoms with E-state index in [1.807, 2.05) is 18.2 Å². The number of nitrogens with one attached hydrogen (secondary N) is 1. The van der Waals surface area contributed by atoms with Gasteiger partial charge in [-0.05, 0) is 43.7 Å². The molecule has 32 heavy (non-hydrogen) atoms. The Morgan fingerprint density at radius 1 is 1.25 bits per heavy atom. The average molecular weight is 491 g/mol. The first kappa shape index (κ1) is 22.6. The smallest absolute Gasteiger partial charge is 0.237 e. The first-order valence-electron chi connectivity index (χ1n) is 9.98. The van der Waals surface area contributed by atoms with Crippen LogP contribution in [0.4, 0.5) is 5.69 Å². The normalized spacial score (nSPS) is 14.6. The molecule has 2 amide bonds. The molecule has 2 aromatic heterocycles. The van der Waals surface area contributed by atoms with Gasteiger partial charge in [-0.15, -0.1) is 10.2 Å². The molecule has 166 valence electrons. The van der Waals surface area contributed by atoms with Gasteiger partial charge in [-0.25, -0.2) is 4.98 Å². The maximum atomic E-state index is 12.8. The summed E-state index contributed by atoms with van der Waals surface area (Å²) in [5.74, 6) is 1.05. The lowest BCUT2D eigenvalue weighted by Gasteiger charge is -2.17. The third kappa shape index (κ3) is 5.06. The minimum Gasteiger partial charge on any atom is -0.335 e. The highest BCUT2D eigenvalue weighted by molar-refractivity contribution is 8.00. The van der Waals surface area contributed by atoms with Crippen molar-refractivity contribution < 1.29 is 9.59 Å². The minimum absolute atomic E-state index is 0.0981. The number of carbonyl (C=O) groups excluding carboxylic acids is 2. The molecule has 3 heterocycles. The quantitative estimate of drug-likeness (QED) is 0.498. The van der Waals surface area contributed by atoms with E-state index in [-0.39, 0.29) is 11.8 Å². The number of pyridine rings is 1. The van der Waals surface area contributed by atoms with Crippen LogP contribution in [0, 0.1) is 0 Å². The summed E-state index contributed by atoms with van der Waals surface area (Å²) in [4.78, 5) is 31.1. The number of thioether (sulfide) groups is 1. The molecule has 3 aromatic rings. The van der Waals surface area contributed by atoms with E-state index in [1.165, 1.54) is 11.8 Å². The van der Waals surface area contributed by atoms with Gasteiger partial charge in [0.25, 0.3) is 0 Å². The van der Waals surface area contributed by atoms with Gasteiger partial charge >= 0.3 is 0 Å². The minimum atomic E-state index is -0.516. The van der Waals surface area contributed by atoms with Crippen molar-refractivity contribution in [1.29, 1.82) is 0 Å². The Labute approximate surface area is 199 Å². The number of likely N-dealkylation sites (tertiary alicyclic amines) is 1. The van der Waals surface area contributed by atoms with Crippen molar-refractivity contribution in [3.8, 4) is 5.82 Å². The molecule has 4 rings (SSSR count). The standard InChI is InChI=1S/C21H20Cl2N6O2S/c1-13(20(31)25-16-11-14(22)7-8-15(16)23)32-21-27-26-18(12-28-10-4-6-19(28)30)29(21)17-5-2-3-9-24-17/h2-3,5,7-9,11,13H,4,6,10,12H2,1H3,(H,25,31). The van der Waals surface area contributed by atoms with Gasteiger partial charge in [0.2, 0.25) is 11.8 Å². The number of aromatic nitrogens is 4. The predicted molar refractivity (Wildman–Crippen MR) is 124 cm³/mol. The molecule has 1 saturated heterocycles. The van der Waals surface area contributed by atoms with E-state index in [4.69, 9.17) is 23.2 Å². The second-order valence-electron chi connectivity index (χ2n) is 7.21. The fraction of sp³-hybridized carbons (Fsp3) is 0.286. The summed E-state index contributed by atoms with van der Waals surface area (Å²) in [6.45, 7) is 2.79. The Morgan fingerprint density at radius 3 is 2.81 bits per heavy atom. The molecule has 1 unspecified atom stereocenters. The number of rotatable bonds is 7. The number of hydrogen-bond donors (Lipinski definition) is 1. The van der Waals surface area contributed by atoms with Gasteiger partial charge < -0.3 is 10.2 Å². The summed E-state index contributed by atoms with van der Waals surface area (Å²) < 4.78 is 1.78. The number of hydrogen-bond acceptors (Lipinski definition) is 6. The zero-order valence-electron chi connectivity index (χ0n) is 17.2. The third-order valence-electron chi connectivity index (χ3n) is 4.92. The highest BCUT2D eigenvalue weighted by Gasteiger charge is 2.26. The van der Waals surface area contributed by atoms with Crippen LogP contribution in [0.1, 0.15) is 25.6 Å². The Kier molecular flexibility index (Phi) is 6.98. The van der Waals surface area contributed by atoms with Crippen LogP contribution in [0.15, 0.2) is 47.8 Å². The van der Waals surface area contributed by atoms with E-state index in [0.717, 1.165) is 6.42 Å². The molecule has 1 fully saturated rings. The van der Waals surface area contributed by atoms with Gasteiger partial charge in [0.1, 0.15) is 5.82 Å². The Hall–Kier alpha value is -2.62. The van der Waals surface area contributed by atoms with E-state index in [9.17, 15) is 9.59 Å². The van der Waals surface area contributed by atoms with E-state index >= 15 is 0 Å². The summed E-state index contributed by atoms with van der Waals surface area (Å²) in [6, 6.07) is 10.4. The molecule has 0 radical (unpaired) electrons. The van der Waals surface area contributed by atoms with Crippen LogP contribution in [-0.2, 0) is 16.1 Å². The SMILES string of the molecule is CC(Sc1nnc(CN2CCCC2=O)n1-c1ccccn1)C(=O)Nc1cc(Cl)ccc1Cl. The van der Waals surface area contributed by atoms with Crippen LogP contribution >= 0.6 is 35.0 Å². The molecule has 1 aliphatic rings. The Morgan fingerprint density at radius 2 is 2.09 bits per heavy atom. The molecular weight excluding hydrogens is 471 g/mol. The maximum Gasteiger partial charge on any atom is 0.237 e. The topological polar surface area (TPSA) is 93.0 Å². The number of nitrogens with zero attached hydrogens (tertiary/aromatic N) is 5. The molecule has 1 aromatic carbocycles. The maximum absolute atomic E-state index is 12.8. The Bertz CT molecular complexity index is 1140. The fourth-order valence-corrected chi connectivity index (χ4v) is 4.49. The molecule has 0 spiro atoms. The van der Waals surface area contributed by atoms with Crippen LogP contribution in [0.2, 0.25) is 10.0 Å². The number of anilines is 1. The zero-order chi connectivity index (χ0) is 22.7. The number of benzene rings is 1. The highest BCUT2D eigenvalue weighted by Crippen LogP contribution is 2.29. The largest absolute Gasteiger partial charge is 0.335 e. The lowest BCUT2D eigenvalue weighted by atomic mass is 10.3. The molecule has 0 aliphatic carbocycles. The summed E-state index contributed by atoms with van der Waals surface area (Å²) in [5.41, 5.74) is 0.441. The van der Waals surface area contributed by atoms with Crippen molar-refractivity contribution in [3.63, 3.8) is 0 Å². The lowest BCUT2D eigenvalue weighted by molar-refractivity contribution is -0.128. The van der Waals surface area contributed by atoms with E-state index in [1.54, 1.807) is 40.8 Å². The summed E-state index contributed by atoms with van der Waals surface area (Å²) in [5, 5.41) is 12.3. The van der Waals surface area contributed by atoms with Gasteiger partial charge in [0, 0.05) is 24.2 Å². The monoisotopic (exact) mass is 490 g/mol. The first-order chi connectivity index (χ1) is 15.4. The lowest BCUT2D eigenvalue weighted by Crippen LogP contribution is -2.26. The third-order valence-corrected chi connectivity index (χ3v) is 6.53. The van der Waals surface area contributed by atoms with Crippen LogP contribution in [-0.4, -0.2) is 48.3 Å². The molecule has 8 nitrogen and oxygen atoms in total. The van der Waals surface area contributed by atoms with Crippen molar-refractivity contribution in [2.75, 3.05) is 11.9 Å². The van der Waals surface area contributed by atoms with E-state index in [0.29, 0.717) is 52.0 Å².